The highest BCUT2D eigenvalue weighted by atomic mass is 16.5. The highest BCUT2D eigenvalue weighted by molar-refractivity contribution is 5.40. The van der Waals surface area contributed by atoms with E-state index >= 15 is 0 Å². The van der Waals surface area contributed by atoms with Gasteiger partial charge in [-0.15, -0.1) is 0 Å². The zero-order valence-corrected chi connectivity index (χ0v) is 11.2. The standard InChI is InChI=1S/C12H19N3O5/c1-2-3-7-5-15(12(18)13-10(7)14-19)11-9(17)4-8(6-16)20-11/h5,8-9,11,16-17,19H,2-4,6H2,1H3,(H,13,14,18)/t8-,9?,11+/m0/s1. The summed E-state index contributed by atoms with van der Waals surface area (Å²) in [4.78, 5) is 15.7. The third-order valence-electron chi connectivity index (χ3n) is 3.30. The summed E-state index contributed by atoms with van der Waals surface area (Å²) in [5.74, 6) is 0.110. The van der Waals surface area contributed by atoms with Gasteiger partial charge in [0.25, 0.3) is 0 Å². The molecule has 1 fully saturated rings. The summed E-state index contributed by atoms with van der Waals surface area (Å²) in [7, 11) is 0. The molecule has 4 N–H and O–H groups in total. The van der Waals surface area contributed by atoms with Crippen molar-refractivity contribution >= 4 is 5.82 Å². The Morgan fingerprint density at radius 3 is 2.90 bits per heavy atom. The quantitative estimate of drug-likeness (QED) is 0.546. The molecule has 1 aromatic rings. The molecule has 0 amide bonds. The van der Waals surface area contributed by atoms with E-state index in [1.807, 2.05) is 12.4 Å². The van der Waals surface area contributed by atoms with Gasteiger partial charge in [0.05, 0.1) is 12.7 Å². The van der Waals surface area contributed by atoms with Crippen molar-refractivity contribution in [3.8, 4) is 0 Å². The van der Waals surface area contributed by atoms with Crippen LogP contribution in [-0.2, 0) is 11.2 Å². The smallest absolute Gasteiger partial charge is 0.351 e. The molecule has 8 heteroatoms. The first kappa shape index (κ1) is 14.9. The third-order valence-corrected chi connectivity index (χ3v) is 3.30. The molecule has 8 nitrogen and oxygen atoms in total. The molecule has 0 aromatic carbocycles. The Balaban J connectivity index is 2.36. The fourth-order valence-corrected chi connectivity index (χ4v) is 2.34. The van der Waals surface area contributed by atoms with Crippen molar-refractivity contribution in [3.63, 3.8) is 0 Å². The fraction of sp³-hybridized carbons (Fsp3) is 0.667. The number of hydrogen-bond donors (Lipinski definition) is 4. The molecule has 1 aromatic heterocycles. The zero-order chi connectivity index (χ0) is 14.7. The van der Waals surface area contributed by atoms with E-state index in [2.05, 4.69) is 4.98 Å². The van der Waals surface area contributed by atoms with Crippen molar-refractivity contribution < 1.29 is 20.2 Å². The second kappa shape index (κ2) is 6.31. The first-order valence-corrected chi connectivity index (χ1v) is 6.57. The van der Waals surface area contributed by atoms with Gasteiger partial charge in [0.15, 0.2) is 12.0 Å². The van der Waals surface area contributed by atoms with Gasteiger partial charge in [0, 0.05) is 18.2 Å². The number of hydrogen-bond acceptors (Lipinski definition) is 7. The number of aryl methyl sites for hydroxylation is 1. The summed E-state index contributed by atoms with van der Waals surface area (Å²) in [5, 5.41) is 28.0. The molecule has 2 rings (SSSR count). The normalized spacial score (nSPS) is 25.9. The zero-order valence-electron chi connectivity index (χ0n) is 11.2. The minimum atomic E-state index is -0.880. The molecule has 0 bridgehead atoms. The molecule has 1 unspecified atom stereocenters. The highest BCUT2D eigenvalue weighted by Gasteiger charge is 2.35. The predicted octanol–water partition coefficient (Wildman–Crippen LogP) is -0.362. The van der Waals surface area contributed by atoms with Gasteiger partial charge >= 0.3 is 5.69 Å². The molecule has 0 spiro atoms. The molecule has 0 radical (unpaired) electrons. The number of nitrogens with zero attached hydrogens (tertiary/aromatic N) is 2. The van der Waals surface area contributed by atoms with E-state index in [9.17, 15) is 9.90 Å². The SMILES string of the molecule is CCCc1cn([C@@H]2O[C@H](CO)CC2O)c(=O)nc1NO. The number of rotatable bonds is 5. The number of nitrogens with one attached hydrogen (secondary N) is 1. The lowest BCUT2D eigenvalue weighted by molar-refractivity contribution is -0.0530. The van der Waals surface area contributed by atoms with E-state index in [1.54, 1.807) is 0 Å². The Labute approximate surface area is 115 Å². The summed E-state index contributed by atoms with van der Waals surface area (Å²) < 4.78 is 6.64. The Bertz CT molecular complexity index is 518. The number of aliphatic hydroxyl groups is 2. The molecule has 1 aliphatic heterocycles. The molecular formula is C12H19N3O5. The van der Waals surface area contributed by atoms with Crippen LogP contribution in [0.15, 0.2) is 11.0 Å². The highest BCUT2D eigenvalue weighted by Crippen LogP contribution is 2.28. The summed E-state index contributed by atoms with van der Waals surface area (Å²) >= 11 is 0. The van der Waals surface area contributed by atoms with Crippen LogP contribution in [0.1, 0.15) is 31.6 Å². The van der Waals surface area contributed by atoms with Crippen molar-refractivity contribution in [2.24, 2.45) is 0 Å². The van der Waals surface area contributed by atoms with E-state index in [1.165, 1.54) is 10.8 Å². The number of aliphatic hydroxyl groups excluding tert-OH is 2. The maximum atomic E-state index is 11.9. The van der Waals surface area contributed by atoms with E-state index in [0.717, 1.165) is 6.42 Å². The van der Waals surface area contributed by atoms with Crippen LogP contribution in [0.4, 0.5) is 5.82 Å². The number of anilines is 1. The van der Waals surface area contributed by atoms with Crippen LogP contribution >= 0.6 is 0 Å². The van der Waals surface area contributed by atoms with Crippen LogP contribution in [0.3, 0.4) is 0 Å². The minimum Gasteiger partial charge on any atom is -0.394 e. The van der Waals surface area contributed by atoms with Crippen LogP contribution in [-0.4, -0.2) is 43.8 Å². The fourth-order valence-electron chi connectivity index (χ4n) is 2.34. The first-order chi connectivity index (χ1) is 9.60. The maximum absolute atomic E-state index is 11.9. The average molecular weight is 285 g/mol. The topological polar surface area (TPSA) is 117 Å². The lowest BCUT2D eigenvalue weighted by Gasteiger charge is -2.19. The van der Waals surface area contributed by atoms with Crippen LogP contribution in [0, 0.1) is 0 Å². The Kier molecular flexibility index (Phi) is 4.71. The van der Waals surface area contributed by atoms with Gasteiger partial charge in [0.2, 0.25) is 0 Å². The largest absolute Gasteiger partial charge is 0.394 e. The summed E-state index contributed by atoms with van der Waals surface area (Å²) in [6, 6.07) is 0. The van der Waals surface area contributed by atoms with Gasteiger partial charge in [0.1, 0.15) is 6.10 Å². The van der Waals surface area contributed by atoms with E-state index < -0.39 is 24.1 Å². The number of aromatic nitrogens is 2. The van der Waals surface area contributed by atoms with Crippen molar-refractivity contribution in [1.82, 2.24) is 9.55 Å². The van der Waals surface area contributed by atoms with Crippen molar-refractivity contribution in [2.75, 3.05) is 12.1 Å². The second-order valence-corrected chi connectivity index (χ2v) is 4.80. The van der Waals surface area contributed by atoms with Crippen LogP contribution in [0.5, 0.6) is 0 Å². The van der Waals surface area contributed by atoms with Gasteiger partial charge < -0.3 is 14.9 Å². The molecule has 1 saturated heterocycles. The number of ether oxygens (including phenoxy) is 1. The van der Waals surface area contributed by atoms with Crippen LogP contribution < -0.4 is 11.2 Å². The lowest BCUT2D eigenvalue weighted by Crippen LogP contribution is -2.32. The Hall–Kier alpha value is -1.48. The predicted molar refractivity (Wildman–Crippen MR) is 69.5 cm³/mol. The van der Waals surface area contributed by atoms with E-state index in [4.69, 9.17) is 15.1 Å². The second-order valence-electron chi connectivity index (χ2n) is 4.80. The van der Waals surface area contributed by atoms with E-state index in [-0.39, 0.29) is 18.8 Å². The molecule has 0 saturated carbocycles. The average Bonchev–Trinajstić information content (AvgIpc) is 2.81. The van der Waals surface area contributed by atoms with Gasteiger partial charge in [-0.2, -0.15) is 4.98 Å². The molecular weight excluding hydrogens is 266 g/mol. The van der Waals surface area contributed by atoms with Crippen molar-refractivity contribution in [3.05, 3.63) is 22.2 Å². The lowest BCUT2D eigenvalue weighted by atomic mass is 10.1. The summed E-state index contributed by atoms with van der Waals surface area (Å²) in [6.45, 7) is 1.74. The Morgan fingerprint density at radius 2 is 2.35 bits per heavy atom. The molecule has 1 aliphatic rings. The first-order valence-electron chi connectivity index (χ1n) is 6.57. The summed E-state index contributed by atoms with van der Waals surface area (Å²) in [6.07, 6.45) is 0.961. The van der Waals surface area contributed by atoms with Crippen molar-refractivity contribution in [1.29, 1.82) is 0 Å². The van der Waals surface area contributed by atoms with Crippen molar-refractivity contribution in [2.45, 2.75) is 44.6 Å². The minimum absolute atomic E-state index is 0.110. The van der Waals surface area contributed by atoms with Crippen LogP contribution in [0.25, 0.3) is 0 Å². The van der Waals surface area contributed by atoms with Gasteiger partial charge in [-0.25, -0.2) is 4.79 Å². The van der Waals surface area contributed by atoms with Gasteiger partial charge in [-0.3, -0.25) is 15.3 Å². The van der Waals surface area contributed by atoms with Gasteiger partial charge in [-0.05, 0) is 6.42 Å². The molecule has 0 aliphatic carbocycles. The van der Waals surface area contributed by atoms with Crippen LogP contribution in [0.2, 0.25) is 0 Å². The molecule has 2 heterocycles. The van der Waals surface area contributed by atoms with Gasteiger partial charge in [-0.1, -0.05) is 13.3 Å². The Morgan fingerprint density at radius 1 is 1.60 bits per heavy atom. The molecule has 112 valence electrons. The summed E-state index contributed by atoms with van der Waals surface area (Å²) in [5.41, 5.74) is 1.92. The van der Waals surface area contributed by atoms with E-state index in [0.29, 0.717) is 12.0 Å². The third kappa shape index (κ3) is 2.83. The maximum Gasteiger partial charge on any atom is 0.351 e. The monoisotopic (exact) mass is 285 g/mol. The molecule has 20 heavy (non-hydrogen) atoms. The molecule has 3 atom stereocenters.